The van der Waals surface area contributed by atoms with Crippen LogP contribution in [0.1, 0.15) is 24.2 Å². The van der Waals surface area contributed by atoms with Crippen LogP contribution in [0.4, 0.5) is 5.69 Å². The van der Waals surface area contributed by atoms with E-state index in [9.17, 15) is 14.4 Å². The topological polar surface area (TPSA) is 100 Å². The number of carbonyl (C=O) groups is 3. The van der Waals surface area contributed by atoms with Gasteiger partial charge in [0.15, 0.2) is 30.0 Å². The van der Waals surface area contributed by atoms with Gasteiger partial charge in [-0.15, -0.1) is 0 Å². The van der Waals surface area contributed by atoms with E-state index in [0.29, 0.717) is 22.3 Å². The van der Waals surface area contributed by atoms with E-state index in [0.717, 1.165) is 0 Å². The molecule has 8 nitrogen and oxygen atoms in total. The Kier molecular flexibility index (Phi) is 6.23. The fraction of sp³-hybridized carbons (Fsp3) is 0.250. The van der Waals surface area contributed by atoms with Crippen molar-refractivity contribution in [1.29, 1.82) is 0 Å². The van der Waals surface area contributed by atoms with E-state index >= 15 is 0 Å². The van der Waals surface area contributed by atoms with Crippen LogP contribution in [0.15, 0.2) is 36.4 Å². The number of nitrogens with one attached hydrogen (secondary N) is 1. The minimum Gasteiger partial charge on any atom is -0.479 e. The lowest BCUT2D eigenvalue weighted by molar-refractivity contribution is -0.153. The number of anilines is 1. The summed E-state index contributed by atoms with van der Waals surface area (Å²) in [6.07, 6.45) is -0.945. The maximum Gasteiger partial charge on any atom is 0.347 e. The van der Waals surface area contributed by atoms with E-state index in [-0.39, 0.29) is 23.8 Å². The molecular weight excluding hydrogens is 402 g/mol. The first kappa shape index (κ1) is 20.5. The number of esters is 1. The van der Waals surface area contributed by atoms with Gasteiger partial charge in [0.25, 0.3) is 5.91 Å². The molecular formula is C20H18ClNO7. The van der Waals surface area contributed by atoms with Crippen molar-refractivity contribution in [1.82, 2.24) is 0 Å². The molecule has 152 valence electrons. The molecule has 2 aromatic carbocycles. The van der Waals surface area contributed by atoms with Gasteiger partial charge in [0.05, 0.1) is 5.69 Å². The van der Waals surface area contributed by atoms with E-state index in [1.54, 1.807) is 24.3 Å². The quantitative estimate of drug-likeness (QED) is 0.543. The molecule has 1 aliphatic rings. The van der Waals surface area contributed by atoms with Crippen molar-refractivity contribution >= 4 is 34.9 Å². The average Bonchev–Trinajstić information content (AvgIpc) is 3.12. The molecule has 1 heterocycles. The normalized spacial score (nSPS) is 12.8. The van der Waals surface area contributed by atoms with Crippen LogP contribution in [0.5, 0.6) is 17.2 Å². The number of halogens is 1. The molecule has 1 unspecified atom stereocenters. The Bertz CT molecular complexity index is 960. The summed E-state index contributed by atoms with van der Waals surface area (Å²) in [7, 11) is 0. The Balaban J connectivity index is 1.57. The molecule has 0 bridgehead atoms. The van der Waals surface area contributed by atoms with E-state index in [4.69, 9.17) is 30.5 Å². The summed E-state index contributed by atoms with van der Waals surface area (Å²) in [5.74, 6) is -0.373. The van der Waals surface area contributed by atoms with Gasteiger partial charge >= 0.3 is 5.97 Å². The first-order chi connectivity index (χ1) is 13.8. The first-order valence-corrected chi connectivity index (χ1v) is 9.04. The summed E-state index contributed by atoms with van der Waals surface area (Å²) in [5.41, 5.74) is 0.498. The summed E-state index contributed by atoms with van der Waals surface area (Å²) in [5, 5.41) is 3.01. The van der Waals surface area contributed by atoms with Crippen molar-refractivity contribution < 1.29 is 33.3 Å². The monoisotopic (exact) mass is 419 g/mol. The molecule has 0 spiro atoms. The number of benzene rings is 2. The van der Waals surface area contributed by atoms with Crippen LogP contribution in [0.2, 0.25) is 5.02 Å². The maximum absolute atomic E-state index is 12.2. The van der Waals surface area contributed by atoms with Crippen molar-refractivity contribution in [3.8, 4) is 17.2 Å². The third-order valence-electron chi connectivity index (χ3n) is 3.95. The van der Waals surface area contributed by atoms with Gasteiger partial charge in [-0.2, -0.15) is 0 Å². The largest absolute Gasteiger partial charge is 0.479 e. The lowest BCUT2D eigenvalue weighted by Crippen LogP contribution is -2.30. The number of hydrogen-bond acceptors (Lipinski definition) is 7. The highest BCUT2D eigenvalue weighted by Gasteiger charge is 2.22. The molecule has 1 aliphatic heterocycles. The summed E-state index contributed by atoms with van der Waals surface area (Å²) >= 11 is 5.87. The Labute approximate surface area is 171 Å². The number of carbonyl (C=O) groups excluding carboxylic acids is 3. The smallest absolute Gasteiger partial charge is 0.347 e. The average molecular weight is 420 g/mol. The van der Waals surface area contributed by atoms with Crippen molar-refractivity contribution in [2.75, 3.05) is 18.7 Å². The maximum atomic E-state index is 12.2. The number of fused-ring (bicyclic) bond motifs is 1. The Morgan fingerprint density at radius 3 is 2.59 bits per heavy atom. The number of hydrogen-bond donors (Lipinski definition) is 1. The van der Waals surface area contributed by atoms with Gasteiger partial charge in [0.2, 0.25) is 6.79 Å². The first-order valence-electron chi connectivity index (χ1n) is 8.67. The Morgan fingerprint density at radius 1 is 1.17 bits per heavy atom. The number of ketones is 1. The van der Waals surface area contributed by atoms with Crippen LogP contribution >= 0.6 is 11.6 Å². The zero-order valence-corrected chi connectivity index (χ0v) is 16.4. The number of amides is 1. The third-order valence-corrected chi connectivity index (χ3v) is 4.19. The van der Waals surface area contributed by atoms with Gasteiger partial charge < -0.3 is 24.3 Å². The zero-order valence-electron chi connectivity index (χ0n) is 15.7. The summed E-state index contributed by atoms with van der Waals surface area (Å²) in [6, 6.07) is 9.54. The van der Waals surface area contributed by atoms with Crippen LogP contribution in [0.3, 0.4) is 0 Å². The number of Topliss-reactive ketones (excluding diaryl/α,β-unsaturated/α-hetero) is 1. The van der Waals surface area contributed by atoms with Crippen molar-refractivity contribution in [2.45, 2.75) is 20.0 Å². The van der Waals surface area contributed by atoms with E-state index in [2.05, 4.69) is 5.32 Å². The van der Waals surface area contributed by atoms with Crippen LogP contribution in [0, 0.1) is 0 Å². The summed E-state index contributed by atoms with van der Waals surface area (Å²) in [4.78, 5) is 36.1. The second-order valence-corrected chi connectivity index (χ2v) is 6.62. The molecule has 0 saturated heterocycles. The fourth-order valence-corrected chi connectivity index (χ4v) is 2.75. The predicted octanol–water partition coefficient (Wildman–Crippen LogP) is 3.22. The second-order valence-electron chi connectivity index (χ2n) is 6.18. The number of ether oxygens (including phenoxy) is 4. The van der Waals surface area contributed by atoms with Crippen LogP contribution in [-0.2, 0) is 14.3 Å². The molecule has 0 saturated carbocycles. The van der Waals surface area contributed by atoms with E-state index in [1.807, 2.05) is 0 Å². The van der Waals surface area contributed by atoms with Crippen LogP contribution < -0.4 is 19.5 Å². The lowest BCUT2D eigenvalue weighted by atomic mass is 10.1. The molecule has 9 heteroatoms. The minimum absolute atomic E-state index is 0.0339. The zero-order chi connectivity index (χ0) is 21.0. The standard InChI is InChI=1S/C20H18ClNO7/c1-11(23)15-7-17-18(28-10-27-17)8-16(15)22-19(24)9-26-20(25)12(2)29-14-5-3-4-13(21)6-14/h3-8,12H,9-10H2,1-2H3,(H,22,24). The molecule has 1 atom stereocenters. The number of rotatable bonds is 7. The van der Waals surface area contributed by atoms with Crippen molar-refractivity contribution in [3.63, 3.8) is 0 Å². The van der Waals surface area contributed by atoms with Crippen LogP contribution in [-0.4, -0.2) is 37.2 Å². The Morgan fingerprint density at radius 2 is 1.90 bits per heavy atom. The fourth-order valence-electron chi connectivity index (χ4n) is 2.57. The third kappa shape index (κ3) is 5.17. The summed E-state index contributed by atoms with van der Waals surface area (Å²) < 4.78 is 20.9. The van der Waals surface area contributed by atoms with Crippen molar-refractivity contribution in [2.24, 2.45) is 0 Å². The molecule has 29 heavy (non-hydrogen) atoms. The highest BCUT2D eigenvalue weighted by atomic mass is 35.5. The highest BCUT2D eigenvalue weighted by Crippen LogP contribution is 2.37. The van der Waals surface area contributed by atoms with Crippen LogP contribution in [0.25, 0.3) is 0 Å². The molecule has 1 N–H and O–H groups in total. The van der Waals surface area contributed by atoms with E-state index < -0.39 is 24.6 Å². The van der Waals surface area contributed by atoms with Gasteiger partial charge in [-0.25, -0.2) is 4.79 Å². The summed E-state index contributed by atoms with van der Waals surface area (Å²) in [6.45, 7) is 2.34. The molecule has 0 aromatic heterocycles. The highest BCUT2D eigenvalue weighted by molar-refractivity contribution is 6.30. The van der Waals surface area contributed by atoms with Gasteiger partial charge in [-0.1, -0.05) is 17.7 Å². The predicted molar refractivity (Wildman–Crippen MR) is 104 cm³/mol. The molecule has 2 aromatic rings. The van der Waals surface area contributed by atoms with Crippen molar-refractivity contribution in [3.05, 3.63) is 47.0 Å². The molecule has 1 amide bonds. The molecule has 0 aliphatic carbocycles. The molecule has 3 rings (SSSR count). The van der Waals surface area contributed by atoms with Gasteiger partial charge in [-0.3, -0.25) is 9.59 Å². The van der Waals surface area contributed by atoms with Gasteiger partial charge in [-0.05, 0) is 38.1 Å². The molecule has 0 fully saturated rings. The SMILES string of the molecule is CC(=O)c1cc2c(cc1NC(=O)COC(=O)C(C)Oc1cccc(Cl)c1)OCO2. The lowest BCUT2D eigenvalue weighted by Gasteiger charge is -2.14. The Hall–Kier alpha value is -3.26. The van der Waals surface area contributed by atoms with Gasteiger partial charge in [0.1, 0.15) is 5.75 Å². The molecule has 0 radical (unpaired) electrons. The minimum atomic E-state index is -0.945. The van der Waals surface area contributed by atoms with E-state index in [1.165, 1.54) is 26.0 Å². The second kappa shape index (κ2) is 8.83. The van der Waals surface area contributed by atoms with Gasteiger partial charge in [0, 0.05) is 16.7 Å².